The maximum atomic E-state index is 5.71. The van der Waals surface area contributed by atoms with E-state index in [1.54, 1.807) is 0 Å². The molecule has 1 aliphatic rings. The van der Waals surface area contributed by atoms with Crippen molar-refractivity contribution in [3.8, 4) is 0 Å². The molecule has 1 aliphatic heterocycles. The first-order valence-electron chi connectivity index (χ1n) is 7.94. The van der Waals surface area contributed by atoms with E-state index < -0.39 is 0 Å². The van der Waals surface area contributed by atoms with Crippen LogP contribution in [0.15, 0.2) is 16.7 Å². The number of rotatable bonds is 5. The van der Waals surface area contributed by atoms with Gasteiger partial charge in [0, 0.05) is 31.3 Å². The lowest BCUT2D eigenvalue weighted by Crippen LogP contribution is -2.43. The molecule has 0 amide bonds. The molecule has 2 heterocycles. The highest BCUT2D eigenvalue weighted by molar-refractivity contribution is 5.13. The van der Waals surface area contributed by atoms with Gasteiger partial charge in [0.2, 0.25) is 0 Å². The Labute approximate surface area is 128 Å². The lowest BCUT2D eigenvalue weighted by Gasteiger charge is -2.35. The van der Waals surface area contributed by atoms with Crippen LogP contribution in [-0.2, 0) is 17.8 Å². The van der Waals surface area contributed by atoms with Crippen LogP contribution in [0.1, 0.15) is 45.4 Å². The van der Waals surface area contributed by atoms with Gasteiger partial charge in [-0.3, -0.25) is 4.90 Å². The minimum Gasteiger partial charge on any atom is -0.468 e. The van der Waals surface area contributed by atoms with Gasteiger partial charge in [-0.1, -0.05) is 6.92 Å². The monoisotopic (exact) mass is 294 g/mol. The number of hydrogen-bond donors (Lipinski definition) is 1. The quantitative estimate of drug-likeness (QED) is 0.906. The molecule has 120 valence electrons. The van der Waals surface area contributed by atoms with Gasteiger partial charge in [0.05, 0.1) is 18.9 Å². The first-order chi connectivity index (χ1) is 9.87. The number of piperidine rings is 1. The van der Waals surface area contributed by atoms with Gasteiger partial charge in [-0.2, -0.15) is 0 Å². The molecular formula is C17H30N2O2. The van der Waals surface area contributed by atoms with Crippen molar-refractivity contribution in [2.45, 2.75) is 58.8 Å². The fourth-order valence-electron chi connectivity index (χ4n) is 2.74. The highest BCUT2D eigenvalue weighted by Crippen LogP contribution is 2.21. The first kappa shape index (κ1) is 16.5. The van der Waals surface area contributed by atoms with E-state index in [0.717, 1.165) is 31.9 Å². The van der Waals surface area contributed by atoms with Crippen LogP contribution in [0.5, 0.6) is 0 Å². The predicted molar refractivity (Wildman–Crippen MR) is 85.2 cm³/mol. The highest BCUT2D eigenvalue weighted by atomic mass is 16.5. The molecule has 2 rings (SSSR count). The summed E-state index contributed by atoms with van der Waals surface area (Å²) in [4.78, 5) is 2.42. The number of likely N-dealkylation sites (tertiary alicyclic amines) is 1. The number of furan rings is 1. The van der Waals surface area contributed by atoms with Crippen molar-refractivity contribution >= 4 is 0 Å². The molecule has 0 saturated carbocycles. The largest absolute Gasteiger partial charge is 0.468 e. The van der Waals surface area contributed by atoms with Gasteiger partial charge in [0.15, 0.2) is 0 Å². The molecule has 1 aromatic rings. The summed E-state index contributed by atoms with van der Waals surface area (Å²) in [6, 6.07) is 2.17. The van der Waals surface area contributed by atoms with Crippen molar-refractivity contribution in [2.75, 3.05) is 20.2 Å². The van der Waals surface area contributed by atoms with E-state index in [2.05, 4.69) is 44.0 Å². The van der Waals surface area contributed by atoms with Gasteiger partial charge in [-0.15, -0.1) is 0 Å². The molecule has 0 radical (unpaired) electrons. The van der Waals surface area contributed by atoms with E-state index in [9.17, 15) is 0 Å². The minimum atomic E-state index is 0.131. The second-order valence-corrected chi connectivity index (χ2v) is 7.30. The van der Waals surface area contributed by atoms with Gasteiger partial charge < -0.3 is 14.5 Å². The smallest absolute Gasteiger partial charge is 0.118 e. The molecule has 21 heavy (non-hydrogen) atoms. The maximum absolute atomic E-state index is 5.71. The minimum absolute atomic E-state index is 0.131. The third-order valence-electron chi connectivity index (χ3n) is 4.19. The predicted octanol–water partition coefficient (Wildman–Crippen LogP) is 3.02. The Balaban J connectivity index is 1.85. The van der Waals surface area contributed by atoms with Gasteiger partial charge in [-0.05, 0) is 45.7 Å². The lowest BCUT2D eigenvalue weighted by atomic mass is 9.96. The third-order valence-corrected chi connectivity index (χ3v) is 4.19. The molecule has 2 atom stereocenters. The normalized spacial score (nSPS) is 24.4. The second-order valence-electron chi connectivity index (χ2n) is 7.30. The standard InChI is InChI=1S/C17H30N2O2/c1-13-6-7-19(11-16(13)20-5)10-15-8-14(12-21-15)9-18-17(2,3)4/h8,12-13,16,18H,6-7,9-11H2,1-5H3. The Morgan fingerprint density at radius 3 is 2.86 bits per heavy atom. The van der Waals surface area contributed by atoms with E-state index >= 15 is 0 Å². The van der Waals surface area contributed by atoms with Gasteiger partial charge in [-0.25, -0.2) is 0 Å². The molecule has 4 heteroatoms. The van der Waals surface area contributed by atoms with Crippen LogP contribution in [0.3, 0.4) is 0 Å². The lowest BCUT2D eigenvalue weighted by molar-refractivity contribution is -0.00916. The topological polar surface area (TPSA) is 37.6 Å². The van der Waals surface area contributed by atoms with E-state index in [1.165, 1.54) is 12.0 Å². The zero-order chi connectivity index (χ0) is 15.5. The summed E-state index contributed by atoms with van der Waals surface area (Å²) in [5.74, 6) is 1.69. The number of hydrogen-bond acceptors (Lipinski definition) is 4. The summed E-state index contributed by atoms with van der Waals surface area (Å²) in [6.45, 7) is 12.6. The summed E-state index contributed by atoms with van der Waals surface area (Å²) in [5.41, 5.74) is 1.35. The van der Waals surface area contributed by atoms with Crippen molar-refractivity contribution in [2.24, 2.45) is 5.92 Å². The third kappa shape index (κ3) is 5.13. The molecule has 1 N–H and O–H groups in total. The highest BCUT2D eigenvalue weighted by Gasteiger charge is 2.26. The first-order valence-corrected chi connectivity index (χ1v) is 7.94. The van der Waals surface area contributed by atoms with Crippen molar-refractivity contribution in [3.63, 3.8) is 0 Å². The number of nitrogens with zero attached hydrogens (tertiary/aromatic N) is 1. The van der Waals surface area contributed by atoms with Crippen molar-refractivity contribution < 1.29 is 9.15 Å². The van der Waals surface area contributed by atoms with Crippen LogP contribution in [0.25, 0.3) is 0 Å². The van der Waals surface area contributed by atoms with Crippen LogP contribution < -0.4 is 5.32 Å². The van der Waals surface area contributed by atoms with Crippen LogP contribution >= 0.6 is 0 Å². The van der Waals surface area contributed by atoms with Crippen LogP contribution in [0.4, 0.5) is 0 Å². The van der Waals surface area contributed by atoms with Gasteiger partial charge in [0.25, 0.3) is 0 Å². The maximum Gasteiger partial charge on any atom is 0.118 e. The van der Waals surface area contributed by atoms with Crippen LogP contribution in [-0.4, -0.2) is 36.7 Å². The molecule has 1 fully saturated rings. The Morgan fingerprint density at radius 2 is 2.19 bits per heavy atom. The van der Waals surface area contributed by atoms with E-state index in [1.807, 2.05) is 13.4 Å². The van der Waals surface area contributed by atoms with Gasteiger partial charge >= 0.3 is 0 Å². The van der Waals surface area contributed by atoms with Crippen LogP contribution in [0.2, 0.25) is 0 Å². The Bertz CT molecular complexity index is 436. The van der Waals surface area contributed by atoms with E-state index in [4.69, 9.17) is 9.15 Å². The second kappa shape index (κ2) is 6.95. The zero-order valence-electron chi connectivity index (χ0n) is 14.1. The van der Waals surface area contributed by atoms with Crippen molar-refractivity contribution in [1.29, 1.82) is 0 Å². The van der Waals surface area contributed by atoms with E-state index in [-0.39, 0.29) is 5.54 Å². The van der Waals surface area contributed by atoms with E-state index in [0.29, 0.717) is 12.0 Å². The number of nitrogens with one attached hydrogen (secondary N) is 1. The molecule has 1 aromatic heterocycles. The molecule has 2 unspecified atom stereocenters. The van der Waals surface area contributed by atoms with Gasteiger partial charge in [0.1, 0.15) is 5.76 Å². The van der Waals surface area contributed by atoms with Crippen molar-refractivity contribution in [1.82, 2.24) is 10.2 Å². The molecule has 0 aromatic carbocycles. The van der Waals surface area contributed by atoms with Crippen LogP contribution in [0, 0.1) is 5.92 Å². The number of methoxy groups -OCH3 is 1. The summed E-state index contributed by atoms with van der Waals surface area (Å²) in [7, 11) is 1.81. The molecule has 0 aliphatic carbocycles. The number of ether oxygens (including phenoxy) is 1. The average molecular weight is 294 g/mol. The summed E-state index contributed by atoms with van der Waals surface area (Å²) in [6.07, 6.45) is 3.40. The molecule has 0 bridgehead atoms. The molecular weight excluding hydrogens is 264 g/mol. The Morgan fingerprint density at radius 1 is 1.43 bits per heavy atom. The molecule has 0 spiro atoms. The fourth-order valence-corrected chi connectivity index (χ4v) is 2.74. The van der Waals surface area contributed by atoms with Crippen molar-refractivity contribution in [3.05, 3.63) is 23.7 Å². The molecule has 4 nitrogen and oxygen atoms in total. The Kier molecular flexibility index (Phi) is 5.47. The summed E-state index contributed by atoms with van der Waals surface area (Å²) < 4.78 is 11.3. The molecule has 1 saturated heterocycles. The zero-order valence-corrected chi connectivity index (χ0v) is 14.1. The fraction of sp³-hybridized carbons (Fsp3) is 0.765. The average Bonchev–Trinajstić information content (AvgIpc) is 2.85. The summed E-state index contributed by atoms with van der Waals surface area (Å²) in [5, 5.41) is 3.48. The SMILES string of the molecule is COC1CN(Cc2cc(CNC(C)(C)C)co2)CCC1C. The Hall–Kier alpha value is -0.840. The summed E-state index contributed by atoms with van der Waals surface area (Å²) >= 11 is 0.